The molecule has 0 saturated heterocycles. The normalized spacial score (nSPS) is 10.5. The van der Waals surface area contributed by atoms with Crippen molar-refractivity contribution < 1.29 is 0 Å². The highest BCUT2D eigenvalue weighted by molar-refractivity contribution is 6.17. The number of rotatable bonds is 3. The van der Waals surface area contributed by atoms with Crippen molar-refractivity contribution >= 4 is 11.6 Å². The maximum absolute atomic E-state index is 5.71. The number of aryl methyl sites for hydroxylation is 3. The molecule has 1 aromatic carbocycles. The first-order valence-electron chi connectivity index (χ1n) is 5.66. The Kier molecular flexibility index (Phi) is 3.75. The van der Waals surface area contributed by atoms with Gasteiger partial charge < -0.3 is 0 Å². The summed E-state index contributed by atoms with van der Waals surface area (Å²) in [4.78, 5) is 8.73. The third-order valence-electron chi connectivity index (χ3n) is 2.68. The summed E-state index contributed by atoms with van der Waals surface area (Å²) < 4.78 is 0. The van der Waals surface area contributed by atoms with Crippen LogP contribution in [0.1, 0.15) is 17.0 Å². The van der Waals surface area contributed by atoms with Gasteiger partial charge in [0.25, 0.3) is 0 Å². The first-order chi connectivity index (χ1) is 8.20. The van der Waals surface area contributed by atoms with Gasteiger partial charge in [-0.15, -0.1) is 11.6 Å². The molecule has 2 aromatic rings. The molecule has 3 heteroatoms. The Balaban J connectivity index is 2.42. The number of hydrogen-bond donors (Lipinski definition) is 0. The van der Waals surface area contributed by atoms with Gasteiger partial charge in [-0.05, 0) is 25.5 Å². The predicted molar refractivity (Wildman–Crippen MR) is 71.4 cm³/mol. The molecule has 17 heavy (non-hydrogen) atoms. The van der Waals surface area contributed by atoms with Gasteiger partial charge in [0.05, 0.1) is 5.69 Å². The molecule has 0 aliphatic carbocycles. The summed E-state index contributed by atoms with van der Waals surface area (Å²) in [5.74, 6) is 1.36. The first-order valence-corrected chi connectivity index (χ1v) is 6.19. The molecule has 0 bridgehead atoms. The van der Waals surface area contributed by atoms with Crippen LogP contribution in [-0.2, 0) is 6.42 Å². The van der Waals surface area contributed by atoms with E-state index in [0.717, 1.165) is 17.1 Å². The molecule has 2 rings (SSSR count). The van der Waals surface area contributed by atoms with Gasteiger partial charge in [-0.25, -0.2) is 9.97 Å². The van der Waals surface area contributed by atoms with Crippen LogP contribution in [0.5, 0.6) is 0 Å². The van der Waals surface area contributed by atoms with Crippen molar-refractivity contribution in [2.75, 3.05) is 5.88 Å². The lowest BCUT2D eigenvalue weighted by atomic mass is 10.0. The Morgan fingerprint density at radius 1 is 1.18 bits per heavy atom. The molecule has 0 atom stereocenters. The molecule has 0 saturated carbocycles. The summed E-state index contributed by atoms with van der Waals surface area (Å²) in [5, 5.41) is 0. The topological polar surface area (TPSA) is 25.8 Å². The molecule has 0 unspecified atom stereocenters. The minimum absolute atomic E-state index is 0.552. The van der Waals surface area contributed by atoms with E-state index in [4.69, 9.17) is 11.6 Å². The summed E-state index contributed by atoms with van der Waals surface area (Å²) in [6.07, 6.45) is 2.50. The maximum Gasteiger partial charge on any atom is 0.130 e. The smallest absolute Gasteiger partial charge is 0.130 e. The molecule has 0 amide bonds. The van der Waals surface area contributed by atoms with Crippen LogP contribution in [0.2, 0.25) is 0 Å². The number of halogens is 1. The standard InChI is InChI=1S/C14H15ClN2/c1-10-3-4-12(11(2)9-10)13-6-8-16-14(17-13)5-7-15/h3-4,6,8-9H,5,7H2,1-2H3. The van der Waals surface area contributed by atoms with E-state index in [1.165, 1.54) is 11.1 Å². The van der Waals surface area contributed by atoms with Crippen molar-refractivity contribution in [3.05, 3.63) is 47.4 Å². The van der Waals surface area contributed by atoms with Crippen molar-refractivity contribution in [3.8, 4) is 11.3 Å². The highest BCUT2D eigenvalue weighted by atomic mass is 35.5. The maximum atomic E-state index is 5.71. The Morgan fingerprint density at radius 2 is 2.00 bits per heavy atom. The van der Waals surface area contributed by atoms with E-state index in [2.05, 4.69) is 42.0 Å². The molecular weight excluding hydrogens is 232 g/mol. The number of benzene rings is 1. The van der Waals surface area contributed by atoms with Gasteiger partial charge in [0.15, 0.2) is 0 Å². The number of nitrogens with zero attached hydrogens (tertiary/aromatic N) is 2. The van der Waals surface area contributed by atoms with Crippen molar-refractivity contribution in [1.29, 1.82) is 0 Å². The van der Waals surface area contributed by atoms with E-state index in [-0.39, 0.29) is 0 Å². The van der Waals surface area contributed by atoms with Crippen LogP contribution < -0.4 is 0 Å². The quantitative estimate of drug-likeness (QED) is 0.775. The second-order valence-corrected chi connectivity index (χ2v) is 4.49. The summed E-state index contributed by atoms with van der Waals surface area (Å²) >= 11 is 5.71. The minimum Gasteiger partial charge on any atom is -0.241 e. The Morgan fingerprint density at radius 3 is 2.71 bits per heavy atom. The SMILES string of the molecule is Cc1ccc(-c2ccnc(CCCl)n2)c(C)c1. The summed E-state index contributed by atoms with van der Waals surface area (Å²) in [7, 11) is 0. The first kappa shape index (κ1) is 12.1. The number of aromatic nitrogens is 2. The van der Waals surface area contributed by atoms with Crippen LogP contribution in [0.25, 0.3) is 11.3 Å². The molecule has 1 heterocycles. The van der Waals surface area contributed by atoms with Gasteiger partial charge in [0.1, 0.15) is 5.82 Å². The van der Waals surface area contributed by atoms with Gasteiger partial charge in [0, 0.05) is 24.1 Å². The second-order valence-electron chi connectivity index (χ2n) is 4.12. The zero-order valence-electron chi connectivity index (χ0n) is 10.1. The lowest BCUT2D eigenvalue weighted by Crippen LogP contribution is -1.98. The summed E-state index contributed by atoms with van der Waals surface area (Å²) in [5.41, 5.74) is 4.63. The fourth-order valence-electron chi connectivity index (χ4n) is 1.86. The molecular formula is C14H15ClN2. The van der Waals surface area contributed by atoms with Gasteiger partial charge in [-0.3, -0.25) is 0 Å². The molecule has 0 aliphatic rings. The van der Waals surface area contributed by atoms with Crippen molar-refractivity contribution in [3.63, 3.8) is 0 Å². The lowest BCUT2D eigenvalue weighted by Gasteiger charge is -2.07. The van der Waals surface area contributed by atoms with Crippen molar-refractivity contribution in [1.82, 2.24) is 9.97 Å². The molecule has 0 aliphatic heterocycles. The third kappa shape index (κ3) is 2.83. The number of hydrogen-bond acceptors (Lipinski definition) is 2. The van der Waals surface area contributed by atoms with Crippen LogP contribution >= 0.6 is 11.6 Å². The Bertz CT molecular complexity index is 523. The van der Waals surface area contributed by atoms with E-state index >= 15 is 0 Å². The largest absolute Gasteiger partial charge is 0.241 e. The average molecular weight is 247 g/mol. The second kappa shape index (κ2) is 5.28. The fraction of sp³-hybridized carbons (Fsp3) is 0.286. The van der Waals surface area contributed by atoms with Gasteiger partial charge in [-0.2, -0.15) is 0 Å². The van der Waals surface area contributed by atoms with E-state index in [9.17, 15) is 0 Å². The van der Waals surface area contributed by atoms with Crippen LogP contribution in [0, 0.1) is 13.8 Å². The lowest BCUT2D eigenvalue weighted by molar-refractivity contribution is 0.947. The van der Waals surface area contributed by atoms with Crippen LogP contribution in [0.15, 0.2) is 30.5 Å². The van der Waals surface area contributed by atoms with Gasteiger partial charge in [0.2, 0.25) is 0 Å². The van der Waals surface area contributed by atoms with Gasteiger partial charge in [-0.1, -0.05) is 23.8 Å². The average Bonchev–Trinajstić information content (AvgIpc) is 2.29. The van der Waals surface area contributed by atoms with Crippen LogP contribution in [0.4, 0.5) is 0 Å². The zero-order chi connectivity index (χ0) is 12.3. The third-order valence-corrected chi connectivity index (χ3v) is 2.87. The predicted octanol–water partition coefficient (Wildman–Crippen LogP) is 3.54. The zero-order valence-corrected chi connectivity index (χ0v) is 10.8. The summed E-state index contributed by atoms with van der Waals surface area (Å²) in [6.45, 7) is 4.20. The molecule has 2 nitrogen and oxygen atoms in total. The molecule has 0 spiro atoms. The number of alkyl halides is 1. The monoisotopic (exact) mass is 246 g/mol. The Hall–Kier alpha value is -1.41. The summed E-state index contributed by atoms with van der Waals surface area (Å²) in [6, 6.07) is 8.32. The van der Waals surface area contributed by atoms with Crippen LogP contribution in [-0.4, -0.2) is 15.8 Å². The minimum atomic E-state index is 0.552. The van der Waals surface area contributed by atoms with Gasteiger partial charge >= 0.3 is 0 Å². The Labute approximate surface area is 107 Å². The molecule has 0 N–H and O–H groups in total. The highest BCUT2D eigenvalue weighted by Crippen LogP contribution is 2.22. The van der Waals surface area contributed by atoms with E-state index < -0.39 is 0 Å². The molecule has 0 radical (unpaired) electrons. The van der Waals surface area contributed by atoms with Crippen LogP contribution in [0.3, 0.4) is 0 Å². The molecule has 88 valence electrons. The fourth-order valence-corrected chi connectivity index (χ4v) is 2.02. The molecule has 0 fully saturated rings. The molecule has 1 aromatic heterocycles. The van der Waals surface area contributed by atoms with Crippen molar-refractivity contribution in [2.45, 2.75) is 20.3 Å². The van der Waals surface area contributed by atoms with E-state index in [1.54, 1.807) is 6.20 Å². The van der Waals surface area contributed by atoms with Crippen molar-refractivity contribution in [2.24, 2.45) is 0 Å². The highest BCUT2D eigenvalue weighted by Gasteiger charge is 2.05. The van der Waals surface area contributed by atoms with E-state index in [1.807, 2.05) is 6.07 Å². The van der Waals surface area contributed by atoms with E-state index in [0.29, 0.717) is 12.3 Å².